The van der Waals surface area contributed by atoms with Crippen LogP contribution in [0.5, 0.6) is 0 Å². The number of imide groups is 1. The zero-order chi connectivity index (χ0) is 23.1. The first-order valence-electron chi connectivity index (χ1n) is 11.0. The van der Waals surface area contributed by atoms with E-state index in [0.717, 1.165) is 6.42 Å². The van der Waals surface area contributed by atoms with E-state index in [0.29, 0.717) is 43.6 Å². The molecule has 0 bridgehead atoms. The lowest BCUT2D eigenvalue weighted by molar-refractivity contribution is -0.157. The van der Waals surface area contributed by atoms with Crippen LogP contribution in [0.25, 0.3) is 0 Å². The van der Waals surface area contributed by atoms with Gasteiger partial charge in [0.15, 0.2) is 0 Å². The van der Waals surface area contributed by atoms with Gasteiger partial charge in [0.2, 0.25) is 11.8 Å². The van der Waals surface area contributed by atoms with Crippen LogP contribution in [0.1, 0.15) is 52.9 Å². The Morgan fingerprint density at radius 1 is 1.10 bits per heavy atom. The molecule has 1 saturated heterocycles. The van der Waals surface area contributed by atoms with Gasteiger partial charge in [0, 0.05) is 50.5 Å². The van der Waals surface area contributed by atoms with Gasteiger partial charge in [-0.15, -0.1) is 23.2 Å². The van der Waals surface area contributed by atoms with Gasteiger partial charge >= 0.3 is 5.97 Å². The van der Waals surface area contributed by atoms with Gasteiger partial charge in [0.1, 0.15) is 11.9 Å². The molecule has 9 heteroatoms. The van der Waals surface area contributed by atoms with Crippen LogP contribution in [0.3, 0.4) is 0 Å². The molecule has 0 N–H and O–H groups in total. The Hall–Kier alpha value is -1.18. The standard InChI is InChI=1S/C22H34Cl2N2O5/c1-14-8-15(2)22(30)18(9-14)19(31-16(3)27)10-17-11-20(28)26(21(29)12-17)13-25(6-4-23)7-5-24/h14-15,17-19H,4-13H2,1-3H3/t14-,15-,18-,19+/m0/s1. The van der Waals surface area contributed by atoms with E-state index < -0.39 is 12.1 Å². The molecule has 7 nitrogen and oxygen atoms in total. The van der Waals surface area contributed by atoms with E-state index >= 15 is 0 Å². The van der Waals surface area contributed by atoms with Crippen LogP contribution in [-0.2, 0) is 23.9 Å². The quantitative estimate of drug-likeness (QED) is 0.273. The van der Waals surface area contributed by atoms with Gasteiger partial charge in [0.05, 0.1) is 12.6 Å². The molecule has 31 heavy (non-hydrogen) atoms. The van der Waals surface area contributed by atoms with Gasteiger partial charge in [-0.25, -0.2) is 0 Å². The summed E-state index contributed by atoms with van der Waals surface area (Å²) in [6.07, 6.45) is 1.60. The van der Waals surface area contributed by atoms with Crippen molar-refractivity contribution in [3.8, 4) is 0 Å². The molecule has 4 atom stereocenters. The summed E-state index contributed by atoms with van der Waals surface area (Å²) in [5.74, 6) is -0.444. The minimum Gasteiger partial charge on any atom is -0.462 e. The molecule has 0 radical (unpaired) electrons. The first-order chi connectivity index (χ1) is 14.7. The number of rotatable bonds is 10. The Kier molecular flexibility index (Phi) is 10.2. The van der Waals surface area contributed by atoms with E-state index in [9.17, 15) is 19.2 Å². The van der Waals surface area contributed by atoms with Crippen molar-refractivity contribution in [2.45, 2.75) is 59.0 Å². The highest BCUT2D eigenvalue weighted by molar-refractivity contribution is 6.18. The summed E-state index contributed by atoms with van der Waals surface area (Å²) >= 11 is 11.6. The Morgan fingerprint density at radius 2 is 1.68 bits per heavy atom. The molecule has 0 unspecified atom stereocenters. The second kappa shape index (κ2) is 12.2. The number of hydrogen-bond donors (Lipinski definition) is 0. The molecular weight excluding hydrogens is 443 g/mol. The zero-order valence-electron chi connectivity index (χ0n) is 18.6. The monoisotopic (exact) mass is 476 g/mol. The van der Waals surface area contributed by atoms with Crippen molar-refractivity contribution in [3.63, 3.8) is 0 Å². The topological polar surface area (TPSA) is 84.0 Å². The molecule has 2 aliphatic rings. The van der Waals surface area contributed by atoms with Crippen molar-refractivity contribution >= 4 is 46.8 Å². The largest absolute Gasteiger partial charge is 0.462 e. The number of Topliss-reactive ketones (excluding diaryl/α,β-unsaturated/α-hetero) is 1. The normalized spacial score (nSPS) is 26.5. The molecule has 1 aliphatic heterocycles. The summed E-state index contributed by atoms with van der Waals surface area (Å²) < 4.78 is 5.55. The number of nitrogens with zero attached hydrogens (tertiary/aromatic N) is 2. The van der Waals surface area contributed by atoms with Crippen LogP contribution < -0.4 is 0 Å². The first kappa shape index (κ1) is 26.1. The Balaban J connectivity index is 2.06. The van der Waals surface area contributed by atoms with Crippen LogP contribution in [-0.4, -0.2) is 71.0 Å². The lowest BCUT2D eigenvalue weighted by Crippen LogP contribution is -2.50. The maximum Gasteiger partial charge on any atom is 0.302 e. The number of carbonyl (C=O) groups excluding carboxylic acids is 4. The number of amides is 2. The summed E-state index contributed by atoms with van der Waals surface area (Å²) in [6.45, 7) is 6.57. The molecule has 2 fully saturated rings. The van der Waals surface area contributed by atoms with Crippen molar-refractivity contribution in [3.05, 3.63) is 0 Å². The van der Waals surface area contributed by atoms with E-state index in [1.165, 1.54) is 11.8 Å². The summed E-state index contributed by atoms with van der Waals surface area (Å²) in [6, 6.07) is 0. The predicted octanol–water partition coefficient (Wildman–Crippen LogP) is 3.06. The van der Waals surface area contributed by atoms with Crippen LogP contribution in [0.4, 0.5) is 0 Å². The third kappa shape index (κ3) is 7.43. The molecule has 0 aromatic rings. The lowest BCUT2D eigenvalue weighted by Gasteiger charge is -2.38. The average Bonchev–Trinajstić information content (AvgIpc) is 2.67. The van der Waals surface area contributed by atoms with Crippen molar-refractivity contribution in [2.75, 3.05) is 31.5 Å². The highest BCUT2D eigenvalue weighted by Gasteiger charge is 2.42. The minimum absolute atomic E-state index is 0.0771. The first-order valence-corrected chi connectivity index (χ1v) is 12.1. The fourth-order valence-electron chi connectivity index (χ4n) is 4.84. The number of likely N-dealkylation sites (tertiary alicyclic amines) is 1. The molecular formula is C22H34Cl2N2O5. The number of esters is 1. The number of halogens is 2. The number of ketones is 1. The molecule has 1 aliphatic carbocycles. The van der Waals surface area contributed by atoms with Gasteiger partial charge < -0.3 is 4.74 Å². The lowest BCUT2D eigenvalue weighted by atomic mass is 9.71. The summed E-state index contributed by atoms with van der Waals surface area (Å²) in [4.78, 5) is 53.2. The van der Waals surface area contributed by atoms with Crippen molar-refractivity contribution < 1.29 is 23.9 Å². The molecule has 2 rings (SSSR count). The Labute approximate surface area is 194 Å². The third-order valence-corrected chi connectivity index (χ3v) is 6.60. The fraction of sp³-hybridized carbons (Fsp3) is 0.818. The van der Waals surface area contributed by atoms with Crippen molar-refractivity contribution in [1.82, 2.24) is 9.80 Å². The molecule has 0 spiro atoms. The maximum absolute atomic E-state index is 12.8. The highest BCUT2D eigenvalue weighted by Crippen LogP contribution is 2.36. The van der Waals surface area contributed by atoms with Crippen LogP contribution >= 0.6 is 23.2 Å². The molecule has 0 aromatic carbocycles. The van der Waals surface area contributed by atoms with Crippen LogP contribution in [0, 0.1) is 23.7 Å². The number of hydrogen-bond acceptors (Lipinski definition) is 6. The third-order valence-electron chi connectivity index (χ3n) is 6.27. The summed E-state index contributed by atoms with van der Waals surface area (Å²) in [5, 5.41) is 0. The number of alkyl halides is 2. The van der Waals surface area contributed by atoms with E-state index in [1.54, 1.807) is 0 Å². The minimum atomic E-state index is -0.601. The second-order valence-corrected chi connectivity index (χ2v) is 9.75. The second-order valence-electron chi connectivity index (χ2n) is 9.00. The number of piperidine rings is 1. The molecule has 2 amide bonds. The summed E-state index contributed by atoms with van der Waals surface area (Å²) in [5.41, 5.74) is 0. The van der Waals surface area contributed by atoms with Gasteiger partial charge in [-0.3, -0.25) is 29.0 Å². The van der Waals surface area contributed by atoms with Gasteiger partial charge in [-0.05, 0) is 31.1 Å². The Bertz CT molecular complexity index is 650. The van der Waals surface area contributed by atoms with Gasteiger partial charge in [-0.1, -0.05) is 13.8 Å². The SMILES string of the molecule is CC(=O)O[C@H](CC1CC(=O)N(CN(CCCl)CCCl)C(=O)C1)[C@@H]1C[C@@H](C)C[C@H](C)C1=O. The molecule has 0 aromatic heterocycles. The van der Waals surface area contributed by atoms with Crippen molar-refractivity contribution in [1.29, 1.82) is 0 Å². The fourth-order valence-corrected chi connectivity index (χ4v) is 5.32. The smallest absolute Gasteiger partial charge is 0.302 e. The number of carbonyl (C=O) groups is 4. The zero-order valence-corrected chi connectivity index (χ0v) is 20.2. The average molecular weight is 477 g/mol. The summed E-state index contributed by atoms with van der Waals surface area (Å²) in [7, 11) is 0. The van der Waals surface area contributed by atoms with E-state index in [-0.39, 0.29) is 54.9 Å². The molecule has 176 valence electrons. The van der Waals surface area contributed by atoms with Crippen molar-refractivity contribution in [2.24, 2.45) is 23.7 Å². The molecule has 1 saturated carbocycles. The Morgan fingerprint density at radius 3 is 2.19 bits per heavy atom. The molecule has 1 heterocycles. The van der Waals surface area contributed by atoms with Crippen LogP contribution in [0.15, 0.2) is 0 Å². The van der Waals surface area contributed by atoms with Gasteiger partial charge in [0.25, 0.3) is 0 Å². The van der Waals surface area contributed by atoms with E-state index in [2.05, 4.69) is 6.92 Å². The maximum atomic E-state index is 12.8. The van der Waals surface area contributed by atoms with Gasteiger partial charge in [-0.2, -0.15) is 0 Å². The van der Waals surface area contributed by atoms with E-state index in [4.69, 9.17) is 27.9 Å². The van der Waals surface area contributed by atoms with E-state index in [1.807, 2.05) is 11.8 Å². The predicted molar refractivity (Wildman–Crippen MR) is 119 cm³/mol. The van der Waals surface area contributed by atoms with Crippen LogP contribution in [0.2, 0.25) is 0 Å². The highest BCUT2D eigenvalue weighted by atomic mass is 35.5. The number of ether oxygens (including phenoxy) is 1.